The van der Waals surface area contributed by atoms with Gasteiger partial charge in [0.1, 0.15) is 0 Å². The molecule has 0 radical (unpaired) electrons. The van der Waals surface area contributed by atoms with Gasteiger partial charge in [0.15, 0.2) is 0 Å². The monoisotopic (exact) mass is 212 g/mol. The minimum atomic E-state index is 0.146. The summed E-state index contributed by atoms with van der Waals surface area (Å²) in [6.07, 6.45) is 5.54. The predicted octanol–water partition coefficient (Wildman–Crippen LogP) is 1.67. The fourth-order valence-electron chi connectivity index (χ4n) is 2.29. The molecule has 0 bridgehead atoms. The maximum Gasteiger partial charge on any atom is 0.222 e. The lowest BCUT2D eigenvalue weighted by molar-refractivity contribution is -0.124. The van der Waals surface area contributed by atoms with Crippen LogP contribution in [0.2, 0.25) is 0 Å². The number of hydrogen-bond acceptors (Lipinski definition) is 2. The summed E-state index contributed by atoms with van der Waals surface area (Å²) < 4.78 is 0. The van der Waals surface area contributed by atoms with Gasteiger partial charge in [0.05, 0.1) is 0 Å². The number of carbonyl (C=O) groups excluding carboxylic acids is 1. The van der Waals surface area contributed by atoms with Gasteiger partial charge in [-0.2, -0.15) is 0 Å². The molecule has 3 N–H and O–H groups in total. The van der Waals surface area contributed by atoms with Crippen LogP contribution in [-0.2, 0) is 4.79 Å². The zero-order chi connectivity index (χ0) is 11.3. The maximum absolute atomic E-state index is 11.6. The van der Waals surface area contributed by atoms with Crippen molar-refractivity contribution in [3.63, 3.8) is 0 Å². The molecule has 88 valence electrons. The van der Waals surface area contributed by atoms with E-state index in [1.54, 1.807) is 0 Å². The lowest BCUT2D eigenvalue weighted by atomic mass is 10.0. The van der Waals surface area contributed by atoms with Crippen LogP contribution in [0, 0.1) is 11.8 Å². The van der Waals surface area contributed by atoms with Crippen LogP contribution in [0.3, 0.4) is 0 Å². The van der Waals surface area contributed by atoms with Crippen LogP contribution >= 0.6 is 0 Å². The van der Waals surface area contributed by atoms with E-state index in [1.165, 1.54) is 12.8 Å². The number of hydrogen-bond donors (Lipinski definition) is 2. The molecule has 1 fully saturated rings. The number of nitrogens with one attached hydrogen (secondary N) is 1. The van der Waals surface area contributed by atoms with Crippen LogP contribution < -0.4 is 11.1 Å². The van der Waals surface area contributed by atoms with Crippen molar-refractivity contribution in [2.45, 2.75) is 52.0 Å². The number of carbonyl (C=O) groups is 1. The summed E-state index contributed by atoms with van der Waals surface area (Å²) in [6.45, 7) is 4.87. The Morgan fingerprint density at radius 1 is 1.53 bits per heavy atom. The Morgan fingerprint density at radius 2 is 2.27 bits per heavy atom. The van der Waals surface area contributed by atoms with Crippen LogP contribution in [0.25, 0.3) is 0 Å². The van der Waals surface area contributed by atoms with Gasteiger partial charge in [0.25, 0.3) is 0 Å². The predicted molar refractivity (Wildman–Crippen MR) is 62.4 cm³/mol. The summed E-state index contributed by atoms with van der Waals surface area (Å²) in [4.78, 5) is 11.6. The third kappa shape index (κ3) is 3.82. The van der Waals surface area contributed by atoms with Crippen LogP contribution in [0.4, 0.5) is 0 Å². The summed E-state index contributed by atoms with van der Waals surface area (Å²) in [5.41, 5.74) is 5.95. The van der Waals surface area contributed by atoms with Gasteiger partial charge in [-0.3, -0.25) is 4.79 Å². The Bertz CT molecular complexity index is 206. The largest absolute Gasteiger partial charge is 0.356 e. The minimum absolute atomic E-state index is 0.146. The highest BCUT2D eigenvalue weighted by Crippen LogP contribution is 2.23. The average Bonchev–Trinajstić information content (AvgIpc) is 2.61. The number of nitrogens with two attached hydrogens (primary N) is 1. The summed E-state index contributed by atoms with van der Waals surface area (Å²) in [7, 11) is 0. The van der Waals surface area contributed by atoms with Gasteiger partial charge in [-0.05, 0) is 25.2 Å². The lowest BCUT2D eigenvalue weighted by Gasteiger charge is -2.17. The molecule has 0 aromatic rings. The standard InChI is InChI=1S/C12H24N2O/c1-3-5-9(2)12(15)14-8-10-6-4-7-11(10)13/h9-11H,3-8,13H2,1-2H3,(H,14,15). The summed E-state index contributed by atoms with van der Waals surface area (Å²) >= 11 is 0. The number of rotatable bonds is 5. The van der Waals surface area contributed by atoms with Crippen molar-refractivity contribution >= 4 is 5.91 Å². The Kier molecular flexibility index (Phi) is 5.09. The molecule has 1 saturated carbocycles. The molecule has 0 spiro atoms. The second-order valence-electron chi connectivity index (χ2n) is 4.79. The van der Waals surface area contributed by atoms with E-state index in [4.69, 9.17) is 5.73 Å². The van der Waals surface area contributed by atoms with Crippen molar-refractivity contribution in [3.8, 4) is 0 Å². The summed E-state index contributed by atoms with van der Waals surface area (Å²) in [5, 5.41) is 3.02. The van der Waals surface area contributed by atoms with Gasteiger partial charge in [-0.25, -0.2) is 0 Å². The first-order chi connectivity index (χ1) is 7.15. The van der Waals surface area contributed by atoms with E-state index in [2.05, 4.69) is 12.2 Å². The number of amides is 1. The normalized spacial score (nSPS) is 27.7. The molecule has 15 heavy (non-hydrogen) atoms. The highest BCUT2D eigenvalue weighted by Gasteiger charge is 2.24. The fraction of sp³-hybridized carbons (Fsp3) is 0.917. The Hall–Kier alpha value is -0.570. The van der Waals surface area contributed by atoms with Gasteiger partial charge >= 0.3 is 0 Å². The van der Waals surface area contributed by atoms with Crippen molar-refractivity contribution < 1.29 is 4.79 Å². The van der Waals surface area contributed by atoms with Crippen LogP contribution in [0.5, 0.6) is 0 Å². The Morgan fingerprint density at radius 3 is 2.80 bits per heavy atom. The van der Waals surface area contributed by atoms with Crippen molar-refractivity contribution in [1.82, 2.24) is 5.32 Å². The molecular weight excluding hydrogens is 188 g/mol. The molecule has 0 saturated heterocycles. The third-order valence-corrected chi connectivity index (χ3v) is 3.43. The second-order valence-corrected chi connectivity index (χ2v) is 4.79. The molecule has 0 aliphatic heterocycles. The highest BCUT2D eigenvalue weighted by atomic mass is 16.1. The zero-order valence-corrected chi connectivity index (χ0v) is 9.96. The Balaban J connectivity index is 2.21. The molecule has 1 aliphatic carbocycles. The van der Waals surface area contributed by atoms with E-state index in [0.717, 1.165) is 25.8 Å². The van der Waals surface area contributed by atoms with Crippen LogP contribution in [0.15, 0.2) is 0 Å². The molecule has 3 unspecified atom stereocenters. The van der Waals surface area contributed by atoms with E-state index >= 15 is 0 Å². The highest BCUT2D eigenvalue weighted by molar-refractivity contribution is 5.78. The lowest BCUT2D eigenvalue weighted by Crippen LogP contribution is -2.38. The van der Waals surface area contributed by atoms with Crippen molar-refractivity contribution in [1.29, 1.82) is 0 Å². The van der Waals surface area contributed by atoms with E-state index < -0.39 is 0 Å². The van der Waals surface area contributed by atoms with Gasteiger partial charge in [-0.1, -0.05) is 26.7 Å². The summed E-state index contributed by atoms with van der Waals surface area (Å²) in [5.74, 6) is 0.839. The molecule has 1 amide bonds. The van der Waals surface area contributed by atoms with E-state index in [0.29, 0.717) is 12.0 Å². The molecule has 3 atom stereocenters. The molecule has 1 aliphatic rings. The smallest absolute Gasteiger partial charge is 0.222 e. The van der Waals surface area contributed by atoms with Gasteiger partial charge < -0.3 is 11.1 Å². The van der Waals surface area contributed by atoms with Gasteiger partial charge in [-0.15, -0.1) is 0 Å². The van der Waals surface area contributed by atoms with E-state index in [9.17, 15) is 4.79 Å². The topological polar surface area (TPSA) is 55.1 Å². The van der Waals surface area contributed by atoms with Gasteiger partial charge in [0.2, 0.25) is 5.91 Å². The minimum Gasteiger partial charge on any atom is -0.356 e. The van der Waals surface area contributed by atoms with E-state index in [-0.39, 0.29) is 11.8 Å². The average molecular weight is 212 g/mol. The first-order valence-electron chi connectivity index (χ1n) is 6.18. The SMILES string of the molecule is CCCC(C)C(=O)NCC1CCCC1N. The fourth-order valence-corrected chi connectivity index (χ4v) is 2.29. The molecule has 0 aromatic heterocycles. The van der Waals surface area contributed by atoms with Gasteiger partial charge in [0, 0.05) is 18.5 Å². The molecule has 0 aromatic carbocycles. The zero-order valence-electron chi connectivity index (χ0n) is 9.96. The van der Waals surface area contributed by atoms with Crippen molar-refractivity contribution in [2.75, 3.05) is 6.54 Å². The van der Waals surface area contributed by atoms with Crippen LogP contribution in [-0.4, -0.2) is 18.5 Å². The van der Waals surface area contributed by atoms with Crippen LogP contribution in [0.1, 0.15) is 46.0 Å². The van der Waals surface area contributed by atoms with E-state index in [1.807, 2.05) is 6.92 Å². The maximum atomic E-state index is 11.6. The quantitative estimate of drug-likeness (QED) is 0.728. The van der Waals surface area contributed by atoms with Crippen molar-refractivity contribution in [2.24, 2.45) is 17.6 Å². The molecule has 0 heterocycles. The third-order valence-electron chi connectivity index (χ3n) is 3.43. The molecule has 3 heteroatoms. The second kappa shape index (κ2) is 6.11. The molecule has 3 nitrogen and oxygen atoms in total. The molecule has 1 rings (SSSR count). The summed E-state index contributed by atoms with van der Waals surface area (Å²) in [6, 6.07) is 0.298. The Labute approximate surface area is 92.8 Å². The van der Waals surface area contributed by atoms with Crippen molar-refractivity contribution in [3.05, 3.63) is 0 Å². The first-order valence-corrected chi connectivity index (χ1v) is 6.18. The first kappa shape index (κ1) is 12.5. The molecular formula is C12H24N2O.